The molecule has 16 heavy (non-hydrogen) atoms. The van der Waals surface area contributed by atoms with Crippen molar-refractivity contribution in [2.75, 3.05) is 19.3 Å². The Morgan fingerprint density at radius 3 is 2.38 bits per heavy atom. The van der Waals surface area contributed by atoms with E-state index in [4.69, 9.17) is 0 Å². The summed E-state index contributed by atoms with van der Waals surface area (Å²) in [4.78, 5) is 1.38. The van der Waals surface area contributed by atoms with E-state index in [1.807, 2.05) is 18.8 Å². The van der Waals surface area contributed by atoms with Crippen LogP contribution in [-0.4, -0.2) is 19.3 Å². The van der Waals surface area contributed by atoms with Gasteiger partial charge in [-0.15, -0.1) is 11.8 Å². The van der Waals surface area contributed by atoms with E-state index in [2.05, 4.69) is 43.4 Å². The zero-order valence-corrected chi connectivity index (χ0v) is 11.4. The predicted octanol–water partition coefficient (Wildman–Crippen LogP) is 3.59. The molecular weight excluding hydrogens is 214 g/mol. The van der Waals surface area contributed by atoms with Crippen LogP contribution in [0.2, 0.25) is 0 Å². The van der Waals surface area contributed by atoms with Crippen LogP contribution in [0.4, 0.5) is 0 Å². The molecule has 0 aliphatic carbocycles. The number of benzene rings is 1. The summed E-state index contributed by atoms with van der Waals surface area (Å²) in [5.74, 6) is 1.91. The summed E-state index contributed by atoms with van der Waals surface area (Å²) in [6, 6.07) is 9.04. The Kier molecular flexibility index (Phi) is 6.58. The lowest BCUT2D eigenvalue weighted by Crippen LogP contribution is -2.20. The second kappa shape index (κ2) is 7.75. The van der Waals surface area contributed by atoms with E-state index in [1.54, 1.807) is 0 Å². The smallest absolute Gasteiger partial charge is 0.00720 e. The quantitative estimate of drug-likeness (QED) is 0.727. The van der Waals surface area contributed by atoms with E-state index >= 15 is 0 Å². The molecule has 0 aliphatic heterocycles. The van der Waals surface area contributed by atoms with Crippen LogP contribution in [0.15, 0.2) is 29.2 Å². The van der Waals surface area contributed by atoms with Crippen molar-refractivity contribution in [3.05, 3.63) is 29.8 Å². The van der Waals surface area contributed by atoms with Gasteiger partial charge in [0.2, 0.25) is 0 Å². The van der Waals surface area contributed by atoms with Crippen molar-refractivity contribution in [3.8, 4) is 0 Å². The van der Waals surface area contributed by atoms with Crippen molar-refractivity contribution < 1.29 is 0 Å². The van der Waals surface area contributed by atoms with Gasteiger partial charge in [-0.3, -0.25) is 0 Å². The summed E-state index contributed by atoms with van der Waals surface area (Å²) in [5.41, 5.74) is 1.46. The van der Waals surface area contributed by atoms with E-state index in [9.17, 15) is 0 Å². The number of thioether (sulfide) groups is 1. The first-order chi connectivity index (χ1) is 7.80. The molecule has 1 rings (SSSR count). The SMILES string of the molecule is CCSc1ccc(CC(CC)CNC)cc1. The highest BCUT2D eigenvalue weighted by atomic mass is 32.2. The number of nitrogens with one attached hydrogen (secondary N) is 1. The summed E-state index contributed by atoms with van der Waals surface area (Å²) in [5, 5.41) is 3.27. The Labute approximate surface area is 104 Å². The van der Waals surface area contributed by atoms with E-state index in [-0.39, 0.29) is 0 Å². The van der Waals surface area contributed by atoms with Crippen LogP contribution < -0.4 is 5.32 Å². The van der Waals surface area contributed by atoms with Crippen molar-refractivity contribution in [2.24, 2.45) is 5.92 Å². The van der Waals surface area contributed by atoms with Crippen LogP contribution in [0.5, 0.6) is 0 Å². The molecule has 1 atom stereocenters. The van der Waals surface area contributed by atoms with Gasteiger partial charge in [0, 0.05) is 4.90 Å². The highest BCUT2D eigenvalue weighted by Gasteiger charge is 2.06. The fourth-order valence-electron chi connectivity index (χ4n) is 1.87. The third-order valence-corrected chi connectivity index (χ3v) is 3.72. The minimum atomic E-state index is 0.759. The fourth-order valence-corrected chi connectivity index (χ4v) is 2.53. The molecule has 1 N–H and O–H groups in total. The summed E-state index contributed by atoms with van der Waals surface area (Å²) in [6.07, 6.45) is 2.43. The molecule has 0 saturated carbocycles. The van der Waals surface area contributed by atoms with Crippen molar-refractivity contribution in [1.82, 2.24) is 5.32 Å². The third kappa shape index (κ3) is 4.58. The Morgan fingerprint density at radius 1 is 1.19 bits per heavy atom. The summed E-state index contributed by atoms with van der Waals surface area (Å²) in [6.45, 7) is 5.57. The molecule has 0 radical (unpaired) electrons. The minimum Gasteiger partial charge on any atom is -0.319 e. The minimum absolute atomic E-state index is 0.759. The molecule has 1 aromatic carbocycles. The average molecular weight is 237 g/mol. The van der Waals surface area contributed by atoms with Gasteiger partial charge in [0.05, 0.1) is 0 Å². The topological polar surface area (TPSA) is 12.0 Å². The Bertz CT molecular complexity index is 281. The largest absolute Gasteiger partial charge is 0.319 e. The van der Waals surface area contributed by atoms with Gasteiger partial charge in [-0.2, -0.15) is 0 Å². The molecule has 1 nitrogen and oxygen atoms in total. The van der Waals surface area contributed by atoms with Crippen molar-refractivity contribution in [1.29, 1.82) is 0 Å². The lowest BCUT2D eigenvalue weighted by molar-refractivity contribution is 0.481. The Balaban J connectivity index is 2.53. The molecule has 90 valence electrons. The average Bonchev–Trinajstić information content (AvgIpc) is 2.31. The molecule has 1 aromatic rings. The second-order valence-electron chi connectivity index (χ2n) is 4.11. The van der Waals surface area contributed by atoms with Crippen LogP contribution in [0, 0.1) is 5.92 Å². The van der Waals surface area contributed by atoms with Crippen LogP contribution >= 0.6 is 11.8 Å². The van der Waals surface area contributed by atoms with Gasteiger partial charge >= 0.3 is 0 Å². The van der Waals surface area contributed by atoms with Crippen molar-refractivity contribution in [3.63, 3.8) is 0 Å². The normalized spacial score (nSPS) is 12.7. The molecule has 0 heterocycles. The first-order valence-corrected chi connectivity index (χ1v) is 7.15. The molecule has 0 saturated heterocycles. The summed E-state index contributed by atoms with van der Waals surface area (Å²) >= 11 is 1.91. The lowest BCUT2D eigenvalue weighted by Gasteiger charge is -2.14. The molecule has 1 unspecified atom stereocenters. The summed E-state index contributed by atoms with van der Waals surface area (Å²) in [7, 11) is 2.03. The summed E-state index contributed by atoms with van der Waals surface area (Å²) < 4.78 is 0. The predicted molar refractivity (Wildman–Crippen MR) is 74.3 cm³/mol. The second-order valence-corrected chi connectivity index (χ2v) is 5.45. The van der Waals surface area contributed by atoms with Gasteiger partial charge in [0.1, 0.15) is 0 Å². The number of rotatable bonds is 7. The maximum Gasteiger partial charge on any atom is 0.00720 e. The van der Waals surface area contributed by atoms with Crippen molar-refractivity contribution in [2.45, 2.75) is 31.6 Å². The van der Waals surface area contributed by atoms with Crippen LogP contribution in [0.1, 0.15) is 25.8 Å². The van der Waals surface area contributed by atoms with E-state index in [0.29, 0.717) is 0 Å². The third-order valence-electron chi connectivity index (χ3n) is 2.83. The van der Waals surface area contributed by atoms with Gasteiger partial charge < -0.3 is 5.32 Å². The monoisotopic (exact) mass is 237 g/mol. The first kappa shape index (κ1) is 13.6. The zero-order valence-electron chi connectivity index (χ0n) is 10.6. The molecule has 0 amide bonds. The van der Waals surface area contributed by atoms with Crippen LogP contribution in [0.3, 0.4) is 0 Å². The fraction of sp³-hybridized carbons (Fsp3) is 0.571. The number of hydrogen-bond acceptors (Lipinski definition) is 2. The molecular formula is C14H23NS. The highest BCUT2D eigenvalue weighted by Crippen LogP contribution is 2.19. The lowest BCUT2D eigenvalue weighted by atomic mass is 9.97. The van der Waals surface area contributed by atoms with Gasteiger partial charge in [-0.1, -0.05) is 32.4 Å². The Morgan fingerprint density at radius 2 is 1.88 bits per heavy atom. The highest BCUT2D eigenvalue weighted by molar-refractivity contribution is 7.99. The molecule has 2 heteroatoms. The molecule has 0 aromatic heterocycles. The van der Waals surface area contributed by atoms with Crippen molar-refractivity contribution >= 4 is 11.8 Å². The van der Waals surface area contributed by atoms with E-state index in [0.717, 1.165) is 18.2 Å². The molecule has 0 bridgehead atoms. The molecule has 0 fully saturated rings. The van der Waals surface area contributed by atoms with Crippen LogP contribution in [-0.2, 0) is 6.42 Å². The van der Waals surface area contributed by atoms with Gasteiger partial charge in [-0.25, -0.2) is 0 Å². The van der Waals surface area contributed by atoms with Gasteiger partial charge in [0.25, 0.3) is 0 Å². The Hall–Kier alpha value is -0.470. The standard InChI is InChI=1S/C14H23NS/c1-4-12(11-15-3)10-13-6-8-14(9-7-13)16-5-2/h6-9,12,15H,4-5,10-11H2,1-3H3. The van der Waals surface area contributed by atoms with E-state index in [1.165, 1.54) is 23.3 Å². The maximum atomic E-state index is 3.27. The maximum absolute atomic E-state index is 3.27. The van der Waals surface area contributed by atoms with E-state index < -0.39 is 0 Å². The van der Waals surface area contributed by atoms with Crippen LogP contribution in [0.25, 0.3) is 0 Å². The molecule has 0 aliphatic rings. The van der Waals surface area contributed by atoms with Gasteiger partial charge in [-0.05, 0) is 49.4 Å². The first-order valence-electron chi connectivity index (χ1n) is 6.16. The number of hydrogen-bond donors (Lipinski definition) is 1. The van der Waals surface area contributed by atoms with Gasteiger partial charge in [0.15, 0.2) is 0 Å². The zero-order chi connectivity index (χ0) is 11.8. The molecule has 0 spiro atoms.